The Bertz CT molecular complexity index is 570. The van der Waals surface area contributed by atoms with Gasteiger partial charge < -0.3 is 0 Å². The molecule has 2 aromatic rings. The van der Waals surface area contributed by atoms with Crippen LogP contribution in [0.3, 0.4) is 0 Å². The van der Waals surface area contributed by atoms with Gasteiger partial charge in [-0.2, -0.15) is 13.2 Å². The van der Waals surface area contributed by atoms with E-state index in [-0.39, 0.29) is 0 Å². The lowest BCUT2D eigenvalue weighted by molar-refractivity contribution is -0.0836. The summed E-state index contributed by atoms with van der Waals surface area (Å²) in [6.07, 6.45) is -3.57. The van der Waals surface area contributed by atoms with Crippen molar-refractivity contribution in [3.05, 3.63) is 53.1 Å². The maximum atomic E-state index is 12.2. The maximum absolute atomic E-state index is 12.2. The molecule has 88 valence electrons. The van der Waals surface area contributed by atoms with E-state index in [1.165, 1.54) is 0 Å². The van der Waals surface area contributed by atoms with E-state index in [1.807, 2.05) is 24.3 Å². The maximum Gasteiger partial charge on any atom is 0.426 e. The van der Waals surface area contributed by atoms with E-state index in [2.05, 4.69) is 0 Å². The molecule has 0 aliphatic carbocycles. The van der Waals surface area contributed by atoms with Crippen LogP contribution >= 0.6 is 11.6 Å². The minimum Gasteiger partial charge on any atom is -0.165 e. The van der Waals surface area contributed by atoms with Crippen molar-refractivity contribution < 1.29 is 13.2 Å². The molecular weight excluding hydrogens is 249 g/mol. The van der Waals surface area contributed by atoms with Gasteiger partial charge >= 0.3 is 6.18 Å². The molecule has 0 aromatic heterocycles. The first kappa shape index (κ1) is 12.0. The first-order valence-corrected chi connectivity index (χ1v) is 5.28. The molecule has 0 aliphatic rings. The van der Waals surface area contributed by atoms with Gasteiger partial charge in [-0.3, -0.25) is 0 Å². The van der Waals surface area contributed by atoms with E-state index in [4.69, 9.17) is 11.6 Å². The van der Waals surface area contributed by atoms with Crippen molar-refractivity contribution in [3.8, 4) is 0 Å². The van der Waals surface area contributed by atoms with Crippen LogP contribution in [0.1, 0.15) is 5.56 Å². The summed E-state index contributed by atoms with van der Waals surface area (Å²) >= 11 is 5.18. The zero-order valence-electron chi connectivity index (χ0n) is 8.63. The minimum atomic E-state index is -4.49. The molecule has 0 fully saturated rings. The third-order valence-corrected chi connectivity index (χ3v) is 2.66. The van der Waals surface area contributed by atoms with Crippen LogP contribution < -0.4 is 0 Å². The van der Waals surface area contributed by atoms with Crippen molar-refractivity contribution in [2.45, 2.75) is 6.18 Å². The first-order valence-electron chi connectivity index (χ1n) is 4.90. The highest BCUT2D eigenvalue weighted by Gasteiger charge is 2.32. The highest BCUT2D eigenvalue weighted by Crippen LogP contribution is 2.30. The smallest absolute Gasteiger partial charge is 0.165 e. The van der Waals surface area contributed by atoms with Gasteiger partial charge in [0.1, 0.15) is 5.03 Å². The monoisotopic (exact) mass is 256 g/mol. The van der Waals surface area contributed by atoms with Crippen molar-refractivity contribution in [1.29, 1.82) is 0 Å². The van der Waals surface area contributed by atoms with Gasteiger partial charge in [0, 0.05) is 0 Å². The number of rotatable bonds is 1. The third-order valence-electron chi connectivity index (χ3n) is 2.34. The molecule has 0 amide bonds. The van der Waals surface area contributed by atoms with Crippen LogP contribution in [-0.2, 0) is 0 Å². The molecule has 0 spiro atoms. The molecule has 0 saturated heterocycles. The van der Waals surface area contributed by atoms with Crippen molar-refractivity contribution in [2.24, 2.45) is 0 Å². The molecule has 17 heavy (non-hydrogen) atoms. The fourth-order valence-electron chi connectivity index (χ4n) is 1.53. The van der Waals surface area contributed by atoms with Crippen LogP contribution in [-0.4, -0.2) is 6.18 Å². The standard InChI is InChI=1S/C13H8ClF3/c14-12(13(15,16)17)8-9-5-6-10-3-1-2-4-11(10)7-9/h1-8H. The Labute approximate surface area is 101 Å². The largest absolute Gasteiger partial charge is 0.426 e. The molecule has 2 aromatic carbocycles. The Morgan fingerprint density at radius 1 is 1.00 bits per heavy atom. The molecule has 0 heterocycles. The average molecular weight is 257 g/mol. The number of hydrogen-bond acceptors (Lipinski definition) is 0. The highest BCUT2D eigenvalue weighted by atomic mass is 35.5. The number of alkyl halides is 3. The molecular formula is C13H8ClF3. The number of halogens is 4. The SMILES string of the molecule is FC(F)(F)C(Cl)=Cc1ccc2ccccc2c1. The van der Waals surface area contributed by atoms with Crippen molar-refractivity contribution in [1.82, 2.24) is 0 Å². The Morgan fingerprint density at radius 3 is 2.29 bits per heavy atom. The summed E-state index contributed by atoms with van der Waals surface area (Å²) in [6, 6.07) is 12.5. The lowest BCUT2D eigenvalue weighted by Crippen LogP contribution is -2.06. The van der Waals surface area contributed by atoms with E-state index in [1.54, 1.807) is 18.2 Å². The summed E-state index contributed by atoms with van der Waals surface area (Å²) in [7, 11) is 0. The number of hydrogen-bond donors (Lipinski definition) is 0. The normalized spacial score (nSPS) is 13.1. The lowest BCUT2D eigenvalue weighted by atomic mass is 10.1. The Kier molecular flexibility index (Phi) is 3.11. The Morgan fingerprint density at radius 2 is 1.65 bits per heavy atom. The average Bonchev–Trinajstić information content (AvgIpc) is 2.27. The molecule has 0 unspecified atom stereocenters. The zero-order valence-corrected chi connectivity index (χ0v) is 9.39. The van der Waals surface area contributed by atoms with Crippen molar-refractivity contribution in [2.75, 3.05) is 0 Å². The second-order valence-corrected chi connectivity index (χ2v) is 4.00. The van der Waals surface area contributed by atoms with Gasteiger partial charge in [0.25, 0.3) is 0 Å². The summed E-state index contributed by atoms with van der Waals surface area (Å²) in [5.74, 6) is 0. The van der Waals surface area contributed by atoms with Crippen LogP contribution in [0.5, 0.6) is 0 Å². The summed E-state index contributed by atoms with van der Waals surface area (Å²) in [6.45, 7) is 0. The second kappa shape index (κ2) is 4.41. The number of fused-ring (bicyclic) bond motifs is 1. The molecule has 2 rings (SSSR count). The van der Waals surface area contributed by atoms with Crippen LogP contribution in [0.2, 0.25) is 0 Å². The fourth-order valence-corrected chi connectivity index (χ4v) is 1.65. The quantitative estimate of drug-likeness (QED) is 0.675. The fraction of sp³-hybridized carbons (Fsp3) is 0.0769. The van der Waals surface area contributed by atoms with E-state index < -0.39 is 11.2 Å². The molecule has 0 N–H and O–H groups in total. The van der Waals surface area contributed by atoms with Crippen molar-refractivity contribution in [3.63, 3.8) is 0 Å². The van der Waals surface area contributed by atoms with Gasteiger partial charge in [0.2, 0.25) is 0 Å². The first-order chi connectivity index (χ1) is 7.97. The van der Waals surface area contributed by atoms with Gasteiger partial charge in [-0.05, 0) is 28.5 Å². The Hall–Kier alpha value is -1.48. The van der Waals surface area contributed by atoms with Crippen molar-refractivity contribution >= 4 is 28.4 Å². The zero-order chi connectivity index (χ0) is 12.5. The molecule has 0 nitrogen and oxygen atoms in total. The van der Waals surface area contributed by atoms with Gasteiger partial charge in [0.05, 0.1) is 0 Å². The van der Waals surface area contributed by atoms with Crippen LogP contribution in [0.4, 0.5) is 13.2 Å². The topological polar surface area (TPSA) is 0 Å². The molecule has 0 atom stereocenters. The van der Waals surface area contributed by atoms with Crippen LogP contribution in [0.15, 0.2) is 47.5 Å². The predicted octanol–water partition coefficient (Wildman–Crippen LogP) is 4.98. The summed E-state index contributed by atoms with van der Waals surface area (Å²) in [5, 5.41) is 0.744. The molecule has 0 radical (unpaired) electrons. The molecule has 0 saturated carbocycles. The number of benzene rings is 2. The van der Waals surface area contributed by atoms with Gasteiger partial charge in [0.15, 0.2) is 0 Å². The molecule has 4 heteroatoms. The second-order valence-electron chi connectivity index (χ2n) is 3.60. The highest BCUT2D eigenvalue weighted by molar-refractivity contribution is 6.32. The Balaban J connectivity index is 2.44. The third kappa shape index (κ3) is 2.80. The van der Waals surface area contributed by atoms with Crippen LogP contribution in [0.25, 0.3) is 16.8 Å². The van der Waals surface area contributed by atoms with Gasteiger partial charge in [-0.1, -0.05) is 48.0 Å². The molecule has 0 aliphatic heterocycles. The summed E-state index contributed by atoms with van der Waals surface area (Å²) in [4.78, 5) is 0. The summed E-state index contributed by atoms with van der Waals surface area (Å²) < 4.78 is 36.7. The number of allylic oxidation sites excluding steroid dienone is 1. The van der Waals surface area contributed by atoms with Gasteiger partial charge in [-0.15, -0.1) is 0 Å². The van der Waals surface area contributed by atoms with E-state index in [0.717, 1.165) is 16.8 Å². The van der Waals surface area contributed by atoms with E-state index in [9.17, 15) is 13.2 Å². The molecule has 0 bridgehead atoms. The van der Waals surface area contributed by atoms with Gasteiger partial charge in [-0.25, -0.2) is 0 Å². The van der Waals surface area contributed by atoms with E-state index >= 15 is 0 Å². The minimum absolute atomic E-state index is 0.436. The summed E-state index contributed by atoms with van der Waals surface area (Å²) in [5.41, 5.74) is 0.436. The van der Waals surface area contributed by atoms with Crippen LogP contribution in [0, 0.1) is 0 Å². The predicted molar refractivity (Wildman–Crippen MR) is 63.8 cm³/mol. The van der Waals surface area contributed by atoms with E-state index in [0.29, 0.717) is 5.56 Å². The lowest BCUT2D eigenvalue weighted by Gasteiger charge is -2.04.